The molecule has 10 heteroatoms. The zero-order valence-corrected chi connectivity index (χ0v) is 18.8. The fourth-order valence-electron chi connectivity index (χ4n) is 3.25. The quantitative estimate of drug-likeness (QED) is 0.200. The van der Waals surface area contributed by atoms with Crippen molar-refractivity contribution in [1.82, 2.24) is 10.3 Å². The summed E-state index contributed by atoms with van der Waals surface area (Å²) >= 11 is 0. The number of esters is 1. The fraction of sp³-hybridized carbons (Fsp3) is 0.292. The minimum Gasteiger partial charge on any atom is -0.456 e. The van der Waals surface area contributed by atoms with Crippen molar-refractivity contribution in [3.05, 3.63) is 76.0 Å². The number of aromatic nitrogens is 1. The molecular weight excluding hydrogens is 442 g/mol. The zero-order chi connectivity index (χ0) is 24.7. The lowest BCUT2D eigenvalue weighted by Crippen LogP contribution is -2.44. The number of H-pyrrole nitrogens is 1. The third-order valence-electron chi connectivity index (χ3n) is 4.95. The Balaban J connectivity index is 1.71. The minimum atomic E-state index is -1.11. The Morgan fingerprint density at radius 1 is 1.09 bits per heavy atom. The predicted octanol–water partition coefficient (Wildman–Crippen LogP) is 3.80. The molecule has 0 saturated carbocycles. The Kier molecular flexibility index (Phi) is 7.96. The second-order valence-electron chi connectivity index (χ2n) is 8.09. The van der Waals surface area contributed by atoms with Crippen LogP contribution in [0.4, 0.5) is 10.5 Å². The average Bonchev–Trinajstić information content (AvgIpc) is 3.23. The number of nitrogens with one attached hydrogen (secondary N) is 2. The van der Waals surface area contributed by atoms with Gasteiger partial charge in [-0.15, -0.1) is 0 Å². The van der Waals surface area contributed by atoms with Gasteiger partial charge in [0.25, 0.3) is 5.69 Å². The van der Waals surface area contributed by atoms with Gasteiger partial charge >= 0.3 is 12.1 Å². The number of nitro benzene ring substituents is 1. The highest BCUT2D eigenvalue weighted by Gasteiger charge is 2.26. The number of carbonyl (C=O) groups excluding carboxylic acids is 3. The van der Waals surface area contributed by atoms with Crippen LogP contribution in [0.2, 0.25) is 0 Å². The van der Waals surface area contributed by atoms with Gasteiger partial charge in [-0.25, -0.2) is 9.59 Å². The maximum Gasteiger partial charge on any atom is 0.407 e. The number of para-hydroxylation sites is 1. The molecule has 1 aromatic heterocycles. The number of benzene rings is 2. The number of non-ortho nitro benzene ring substituents is 1. The molecule has 10 nitrogen and oxygen atoms in total. The molecule has 0 spiro atoms. The lowest BCUT2D eigenvalue weighted by molar-refractivity contribution is -0.384. The number of hydrogen-bond acceptors (Lipinski definition) is 7. The maximum absolute atomic E-state index is 12.8. The van der Waals surface area contributed by atoms with Gasteiger partial charge in [-0.3, -0.25) is 14.9 Å². The van der Waals surface area contributed by atoms with E-state index in [-0.39, 0.29) is 30.2 Å². The van der Waals surface area contributed by atoms with Crippen molar-refractivity contribution in [1.29, 1.82) is 0 Å². The first-order valence-electron chi connectivity index (χ1n) is 10.7. The Labute approximate surface area is 195 Å². The van der Waals surface area contributed by atoms with E-state index in [0.717, 1.165) is 22.5 Å². The lowest BCUT2D eigenvalue weighted by atomic mass is 10.1. The molecule has 1 heterocycles. The van der Waals surface area contributed by atoms with Gasteiger partial charge in [0.05, 0.1) is 11.5 Å². The highest BCUT2D eigenvalue weighted by molar-refractivity contribution is 5.98. The van der Waals surface area contributed by atoms with Crippen LogP contribution >= 0.6 is 0 Å². The number of fused-ring (bicyclic) bond motifs is 1. The first-order valence-corrected chi connectivity index (χ1v) is 10.7. The van der Waals surface area contributed by atoms with Gasteiger partial charge in [0, 0.05) is 41.2 Å². The second kappa shape index (κ2) is 11.1. The van der Waals surface area contributed by atoms with E-state index >= 15 is 0 Å². The SMILES string of the molecule is CC(C)COC(=O)NC(Cc1c[nH]c2ccccc12)C(=O)OCC(=O)c1cccc([N+](=O)[O-])c1. The Morgan fingerprint density at radius 3 is 2.59 bits per heavy atom. The number of nitro groups is 1. The summed E-state index contributed by atoms with van der Waals surface area (Å²) in [4.78, 5) is 50.9. The number of ketones is 1. The molecular formula is C24H25N3O7. The number of ether oxygens (including phenoxy) is 2. The Morgan fingerprint density at radius 2 is 1.85 bits per heavy atom. The monoisotopic (exact) mass is 467 g/mol. The first-order chi connectivity index (χ1) is 16.2. The van der Waals surface area contributed by atoms with Crippen molar-refractivity contribution in [2.75, 3.05) is 13.2 Å². The molecule has 2 aromatic carbocycles. The normalized spacial score (nSPS) is 11.7. The van der Waals surface area contributed by atoms with Crippen LogP contribution in [0.25, 0.3) is 10.9 Å². The molecule has 3 rings (SSSR count). The van der Waals surface area contributed by atoms with Gasteiger partial charge in [0.2, 0.25) is 5.78 Å². The number of nitrogens with zero attached hydrogens (tertiary/aromatic N) is 1. The molecule has 0 bridgehead atoms. The molecule has 1 unspecified atom stereocenters. The predicted molar refractivity (Wildman–Crippen MR) is 123 cm³/mol. The van der Waals surface area contributed by atoms with Gasteiger partial charge in [-0.05, 0) is 17.5 Å². The topological polar surface area (TPSA) is 141 Å². The molecule has 0 aliphatic heterocycles. The summed E-state index contributed by atoms with van der Waals surface area (Å²) in [5.74, 6) is -1.33. The highest BCUT2D eigenvalue weighted by Crippen LogP contribution is 2.20. The molecule has 2 N–H and O–H groups in total. The van der Waals surface area contributed by atoms with Crippen molar-refractivity contribution in [3.63, 3.8) is 0 Å². The summed E-state index contributed by atoms with van der Waals surface area (Å²) in [5, 5.41) is 14.3. The van der Waals surface area contributed by atoms with Crippen molar-refractivity contribution in [2.45, 2.75) is 26.3 Å². The molecule has 3 aromatic rings. The van der Waals surface area contributed by atoms with E-state index in [4.69, 9.17) is 9.47 Å². The van der Waals surface area contributed by atoms with Crippen molar-refractivity contribution >= 4 is 34.4 Å². The number of rotatable bonds is 10. The summed E-state index contributed by atoms with van der Waals surface area (Å²) in [6.45, 7) is 3.30. The van der Waals surface area contributed by atoms with E-state index in [1.807, 2.05) is 38.1 Å². The molecule has 1 amide bonds. The van der Waals surface area contributed by atoms with Gasteiger partial charge in [0.15, 0.2) is 6.61 Å². The van der Waals surface area contributed by atoms with Gasteiger partial charge in [0.1, 0.15) is 6.04 Å². The van der Waals surface area contributed by atoms with Crippen LogP contribution in [-0.2, 0) is 20.7 Å². The number of Topliss-reactive ketones (excluding diaryl/α,β-unsaturated/α-hetero) is 1. The van der Waals surface area contributed by atoms with Gasteiger partial charge in [-0.1, -0.05) is 44.2 Å². The van der Waals surface area contributed by atoms with Crippen molar-refractivity contribution in [3.8, 4) is 0 Å². The third-order valence-corrected chi connectivity index (χ3v) is 4.95. The van der Waals surface area contributed by atoms with Crippen LogP contribution in [0.15, 0.2) is 54.7 Å². The molecule has 1 atom stereocenters. The van der Waals surface area contributed by atoms with Crippen LogP contribution < -0.4 is 5.32 Å². The largest absolute Gasteiger partial charge is 0.456 e. The van der Waals surface area contributed by atoms with Gasteiger partial charge < -0.3 is 19.8 Å². The smallest absolute Gasteiger partial charge is 0.407 e. The van der Waals surface area contributed by atoms with Crippen LogP contribution in [0.3, 0.4) is 0 Å². The fourth-order valence-corrected chi connectivity index (χ4v) is 3.25. The van der Waals surface area contributed by atoms with E-state index in [1.54, 1.807) is 6.20 Å². The molecule has 34 heavy (non-hydrogen) atoms. The Hall–Kier alpha value is -4.21. The van der Waals surface area contributed by atoms with E-state index in [2.05, 4.69) is 10.3 Å². The van der Waals surface area contributed by atoms with Crippen LogP contribution in [0.1, 0.15) is 29.8 Å². The number of carbonyl (C=O) groups is 3. The number of alkyl carbamates (subject to hydrolysis) is 1. The van der Waals surface area contributed by atoms with E-state index in [9.17, 15) is 24.5 Å². The lowest BCUT2D eigenvalue weighted by Gasteiger charge is -2.18. The minimum absolute atomic E-state index is 0.0412. The van der Waals surface area contributed by atoms with Crippen molar-refractivity contribution < 1.29 is 28.8 Å². The molecule has 0 fully saturated rings. The Bertz CT molecular complexity index is 1200. The summed E-state index contributed by atoms with van der Waals surface area (Å²) in [6, 6.07) is 11.5. The van der Waals surface area contributed by atoms with Crippen LogP contribution in [-0.4, -0.2) is 47.0 Å². The average molecular weight is 467 g/mol. The molecule has 0 saturated heterocycles. The number of hydrogen-bond donors (Lipinski definition) is 2. The van der Waals surface area contributed by atoms with Crippen LogP contribution in [0.5, 0.6) is 0 Å². The summed E-state index contributed by atoms with van der Waals surface area (Å²) in [7, 11) is 0. The van der Waals surface area contributed by atoms with Crippen molar-refractivity contribution in [2.24, 2.45) is 5.92 Å². The second-order valence-corrected chi connectivity index (χ2v) is 8.09. The van der Waals surface area contributed by atoms with Crippen LogP contribution in [0, 0.1) is 16.0 Å². The molecule has 0 aliphatic rings. The van der Waals surface area contributed by atoms with Gasteiger partial charge in [-0.2, -0.15) is 0 Å². The molecule has 178 valence electrons. The summed E-state index contributed by atoms with van der Waals surface area (Å²) < 4.78 is 10.3. The maximum atomic E-state index is 12.8. The van der Waals surface area contributed by atoms with E-state index < -0.39 is 35.4 Å². The summed E-state index contributed by atoms with van der Waals surface area (Å²) in [5.41, 5.74) is 1.43. The number of aromatic amines is 1. The first kappa shape index (κ1) is 24.4. The summed E-state index contributed by atoms with van der Waals surface area (Å²) in [6.07, 6.45) is 1.06. The van der Waals surface area contributed by atoms with E-state index in [1.165, 1.54) is 18.2 Å². The molecule has 0 aliphatic carbocycles. The number of amides is 1. The standard InChI is InChI=1S/C24H25N3O7/c1-15(2)13-34-24(30)26-21(11-17-12-25-20-9-4-3-8-19(17)20)23(29)33-14-22(28)16-6-5-7-18(10-16)27(31)32/h3-10,12,15,21,25H,11,13-14H2,1-2H3,(H,26,30). The molecule has 0 radical (unpaired) electrons. The third kappa shape index (κ3) is 6.41. The zero-order valence-electron chi connectivity index (χ0n) is 18.8. The van der Waals surface area contributed by atoms with E-state index in [0.29, 0.717) is 0 Å². The highest BCUT2D eigenvalue weighted by atomic mass is 16.6.